The summed E-state index contributed by atoms with van der Waals surface area (Å²) < 4.78 is 48.3. The fraction of sp³-hybridized carbons (Fsp3) is 0.279. The molecule has 4 heterocycles. The van der Waals surface area contributed by atoms with Gasteiger partial charge in [0, 0.05) is 53.2 Å². The van der Waals surface area contributed by atoms with Gasteiger partial charge in [0.25, 0.3) is 5.91 Å². The van der Waals surface area contributed by atoms with Crippen molar-refractivity contribution in [1.82, 2.24) is 34.8 Å². The van der Waals surface area contributed by atoms with Gasteiger partial charge < -0.3 is 23.9 Å². The van der Waals surface area contributed by atoms with Crippen molar-refractivity contribution in [3.8, 4) is 34.0 Å². The molecule has 3 atom stereocenters. The minimum atomic E-state index is -0.998. The monoisotopic (exact) mass is 1100 g/mol. The lowest BCUT2D eigenvalue weighted by atomic mass is 9.76. The van der Waals surface area contributed by atoms with Crippen LogP contribution in [0.3, 0.4) is 0 Å². The van der Waals surface area contributed by atoms with E-state index in [0.29, 0.717) is 46.5 Å². The summed E-state index contributed by atoms with van der Waals surface area (Å²) in [5, 5.41) is 3.94. The summed E-state index contributed by atoms with van der Waals surface area (Å²) >= 11 is 3.07. The number of thioether (sulfide) groups is 2. The Morgan fingerprint density at radius 2 is 1.29 bits per heavy atom. The molecule has 0 aliphatic carbocycles. The Morgan fingerprint density at radius 3 is 1.92 bits per heavy atom. The van der Waals surface area contributed by atoms with Gasteiger partial charge in [0.2, 0.25) is 5.78 Å². The van der Waals surface area contributed by atoms with Gasteiger partial charge >= 0.3 is 13.1 Å². The second kappa shape index (κ2) is 28.0. The first-order valence-corrected chi connectivity index (χ1v) is 28.3. The van der Waals surface area contributed by atoms with Crippen molar-refractivity contribution in [3.63, 3.8) is 0 Å². The van der Waals surface area contributed by atoms with Crippen LogP contribution < -0.4 is 10.8 Å². The van der Waals surface area contributed by atoms with E-state index in [2.05, 4.69) is 31.8 Å². The predicted molar refractivity (Wildman–Crippen MR) is 307 cm³/mol. The molecule has 13 nitrogen and oxygen atoms in total. The maximum absolute atomic E-state index is 14.1. The second-order valence-corrected chi connectivity index (χ2v) is 21.7. The summed E-state index contributed by atoms with van der Waals surface area (Å²) in [6, 6.07) is 42.7. The molecule has 79 heavy (non-hydrogen) atoms. The number of halogens is 2. The molecule has 1 unspecified atom stereocenters. The van der Waals surface area contributed by atoms with E-state index >= 15 is 0 Å². The van der Waals surface area contributed by atoms with Crippen molar-refractivity contribution < 1.29 is 37.2 Å². The first kappa shape index (κ1) is 57.8. The number of Topliss-reactive ketones (excluding diaryl/α,β-unsaturated/α-hetero) is 1. The Kier molecular flexibility index (Phi) is 20.5. The number of ketones is 1. The molecule has 3 aromatic heterocycles. The highest BCUT2D eigenvalue weighted by Crippen LogP contribution is 2.37. The van der Waals surface area contributed by atoms with Gasteiger partial charge in [0.15, 0.2) is 10.3 Å². The first-order valence-electron chi connectivity index (χ1n) is 26.3. The molecule has 18 heteroatoms. The van der Waals surface area contributed by atoms with Gasteiger partial charge in [-0.1, -0.05) is 128 Å². The van der Waals surface area contributed by atoms with Crippen LogP contribution in [0, 0.1) is 11.6 Å². The highest BCUT2D eigenvalue weighted by Gasteiger charge is 2.37. The number of hydrogen-bond donors (Lipinski definition) is 1. The van der Waals surface area contributed by atoms with Gasteiger partial charge in [0.1, 0.15) is 34.8 Å². The van der Waals surface area contributed by atoms with E-state index in [1.54, 1.807) is 60.4 Å². The third-order valence-electron chi connectivity index (χ3n) is 12.2. The standard InChI is InChI=1S/C39H42BFN4O4S.C22H20FN3O2S/c1-5-24-50-38-42-22-20-33(43-38)36-35(27-16-18-30(41)19-17-27)44-37(28-12-8-6-9-13-28)45(36)23-21-31-25-32(26-34(46)47-39(2,3)4)49-40(48-31)29-14-10-7-11-15-29;1-2-14-29-22-24-13-12-18(25-22)20(27)19(15-8-10-17(23)11-9-15)26-21(28)16-6-4-3-5-7-16/h6-20,22,31-32H,5,21,23-26H2,1-4H3;3-13,19H,2,14H2,1H3,(H,26,28)/t31-,32-;/m1./s1. The summed E-state index contributed by atoms with van der Waals surface area (Å²) in [5.41, 5.74) is 5.35. The summed E-state index contributed by atoms with van der Waals surface area (Å²) in [6.45, 7) is 10.3. The van der Waals surface area contributed by atoms with E-state index in [-0.39, 0.29) is 41.9 Å². The van der Waals surface area contributed by atoms with E-state index in [1.807, 2.05) is 94.4 Å². The van der Waals surface area contributed by atoms with Gasteiger partial charge in [-0.3, -0.25) is 14.4 Å². The minimum Gasteiger partial charge on any atom is -0.460 e. The van der Waals surface area contributed by atoms with Crippen LogP contribution in [-0.4, -0.2) is 83.6 Å². The molecule has 1 N–H and O–H groups in total. The van der Waals surface area contributed by atoms with E-state index in [0.717, 1.165) is 58.1 Å². The molecule has 1 fully saturated rings. The summed E-state index contributed by atoms with van der Waals surface area (Å²) in [7, 11) is -0.631. The second-order valence-electron chi connectivity index (χ2n) is 19.6. The molecular weight excluding hydrogens is 1040 g/mol. The molecule has 1 saturated heterocycles. The number of carbonyl (C=O) groups is 3. The molecule has 1 amide bonds. The zero-order valence-electron chi connectivity index (χ0n) is 44.8. The summed E-state index contributed by atoms with van der Waals surface area (Å²) in [4.78, 5) is 62.0. The first-order chi connectivity index (χ1) is 38.2. The number of ether oxygens (including phenoxy) is 1. The molecule has 9 rings (SSSR count). The van der Waals surface area contributed by atoms with E-state index in [4.69, 9.17) is 24.0 Å². The van der Waals surface area contributed by atoms with Crippen molar-refractivity contribution in [2.75, 3.05) is 11.5 Å². The fourth-order valence-corrected chi connectivity index (χ4v) is 10.0. The number of benzene rings is 5. The number of nitrogens with one attached hydrogen (secondary N) is 1. The van der Waals surface area contributed by atoms with Gasteiger partial charge in [-0.15, -0.1) is 0 Å². The highest BCUT2D eigenvalue weighted by atomic mass is 32.2. The third kappa shape index (κ3) is 16.4. The van der Waals surface area contributed by atoms with E-state index in [1.165, 1.54) is 60.4 Å². The van der Waals surface area contributed by atoms with Crippen molar-refractivity contribution in [2.24, 2.45) is 0 Å². The van der Waals surface area contributed by atoms with Crippen LogP contribution in [0.25, 0.3) is 34.0 Å². The molecule has 0 bridgehead atoms. The van der Waals surface area contributed by atoms with Gasteiger partial charge in [-0.25, -0.2) is 33.7 Å². The quantitative estimate of drug-likeness (QED) is 0.0253. The Labute approximate surface area is 468 Å². The number of esters is 1. The van der Waals surface area contributed by atoms with Crippen molar-refractivity contribution in [2.45, 2.75) is 107 Å². The van der Waals surface area contributed by atoms with Gasteiger partial charge in [-0.05, 0) is 118 Å². The van der Waals surface area contributed by atoms with E-state index in [9.17, 15) is 23.2 Å². The number of hydrogen-bond acceptors (Lipinski definition) is 13. The molecule has 0 spiro atoms. The maximum Gasteiger partial charge on any atom is 0.494 e. The zero-order chi connectivity index (χ0) is 55.7. The van der Waals surface area contributed by atoms with Gasteiger partial charge in [-0.2, -0.15) is 0 Å². The average Bonchev–Trinajstić information content (AvgIpc) is 3.99. The van der Waals surface area contributed by atoms with Crippen LogP contribution in [-0.2, 0) is 25.4 Å². The lowest BCUT2D eigenvalue weighted by Gasteiger charge is -2.35. The number of rotatable bonds is 20. The van der Waals surface area contributed by atoms with Crippen LogP contribution in [0.15, 0.2) is 174 Å². The third-order valence-corrected chi connectivity index (χ3v) is 14.4. The molecule has 406 valence electrons. The molecule has 1 aliphatic rings. The van der Waals surface area contributed by atoms with Crippen molar-refractivity contribution >= 4 is 53.8 Å². The van der Waals surface area contributed by atoms with Gasteiger partial charge in [0.05, 0.1) is 29.6 Å². The predicted octanol–water partition coefficient (Wildman–Crippen LogP) is 12.5. The topological polar surface area (TPSA) is 160 Å². The minimum absolute atomic E-state index is 0.125. The fourth-order valence-electron chi connectivity index (χ4n) is 8.64. The lowest BCUT2D eigenvalue weighted by Crippen LogP contribution is -2.49. The Bertz CT molecular complexity index is 3270. The summed E-state index contributed by atoms with van der Waals surface area (Å²) in [6.07, 6.45) is 5.88. The van der Waals surface area contributed by atoms with E-state index < -0.39 is 30.5 Å². The number of carbonyl (C=O) groups excluding carboxylic acids is 3. The van der Waals surface area contributed by atoms with Crippen molar-refractivity contribution in [3.05, 3.63) is 193 Å². The van der Waals surface area contributed by atoms with Crippen LogP contribution in [0.5, 0.6) is 0 Å². The molecular formula is C61H62BF2N7O6S2. The SMILES string of the molecule is CCCSc1nccc(-c2c(-c3ccc(F)cc3)nc(-c3ccccc3)n2CC[C@@H]2C[C@H](CC(=O)OC(C)(C)C)OB(c3ccccc3)O2)n1.CCCSc1nccc(C(=O)C(NC(=O)c2ccccc2)c2ccc(F)cc2)n1. The molecule has 1 aliphatic heterocycles. The van der Waals surface area contributed by atoms with Crippen molar-refractivity contribution in [1.29, 1.82) is 0 Å². The number of amides is 1. The van der Waals surface area contributed by atoms with Crippen LogP contribution in [0.4, 0.5) is 8.78 Å². The Hall–Kier alpha value is -7.38. The Balaban J connectivity index is 0.000000240. The molecule has 0 saturated carbocycles. The number of aromatic nitrogens is 6. The maximum atomic E-state index is 14.1. The lowest BCUT2D eigenvalue weighted by molar-refractivity contribution is -0.157. The smallest absolute Gasteiger partial charge is 0.460 e. The largest absolute Gasteiger partial charge is 0.494 e. The summed E-state index contributed by atoms with van der Waals surface area (Å²) in [5.74, 6) is 0.671. The normalized spacial score (nSPS) is 14.6. The zero-order valence-corrected chi connectivity index (χ0v) is 46.4. The van der Waals surface area contributed by atoms with Crippen LogP contribution >= 0.6 is 23.5 Å². The molecule has 5 aromatic carbocycles. The Morgan fingerprint density at radius 1 is 0.709 bits per heavy atom. The van der Waals surface area contributed by atoms with Crippen LogP contribution in [0.1, 0.15) is 99.2 Å². The number of imidazole rings is 1. The average molecular weight is 1100 g/mol. The van der Waals surface area contributed by atoms with Crippen LogP contribution in [0.2, 0.25) is 0 Å². The number of nitrogens with zero attached hydrogens (tertiary/aromatic N) is 6. The highest BCUT2D eigenvalue weighted by molar-refractivity contribution is 7.99. The molecule has 8 aromatic rings. The molecule has 0 radical (unpaired) electrons.